The molecule has 0 unspecified atom stereocenters. The second-order valence-electron chi connectivity index (χ2n) is 5.94. The van der Waals surface area contributed by atoms with Gasteiger partial charge in [0.2, 0.25) is 5.95 Å². The van der Waals surface area contributed by atoms with Crippen molar-refractivity contribution < 1.29 is 13.2 Å². The maximum atomic E-state index is 12.6. The van der Waals surface area contributed by atoms with Crippen molar-refractivity contribution in [3.8, 4) is 11.5 Å². The molecule has 2 aromatic carbocycles. The lowest BCUT2D eigenvalue weighted by molar-refractivity contribution is 0.116. The van der Waals surface area contributed by atoms with Crippen molar-refractivity contribution in [2.24, 2.45) is 0 Å². The Morgan fingerprint density at radius 2 is 1.36 bits per heavy atom. The fraction of sp³-hybridized carbons (Fsp3) is 0.100. The summed E-state index contributed by atoms with van der Waals surface area (Å²) < 4.78 is 30.1. The van der Waals surface area contributed by atoms with Crippen molar-refractivity contribution in [1.29, 1.82) is 0 Å². The topological polar surface area (TPSA) is 76.7 Å². The molecule has 0 fully saturated rings. The summed E-state index contributed by atoms with van der Waals surface area (Å²) in [7, 11) is 0. The normalized spacial score (nSPS) is 11.1. The zero-order valence-electron chi connectivity index (χ0n) is 14.5. The predicted molar refractivity (Wildman–Crippen MR) is 98.6 cm³/mol. The first-order valence-corrected chi connectivity index (χ1v) is 8.51. The van der Waals surface area contributed by atoms with Crippen LogP contribution in [0.25, 0.3) is 11.5 Å². The molecule has 140 valence electrons. The number of aromatic nitrogens is 4. The fourth-order valence-corrected chi connectivity index (χ4v) is 2.73. The molecule has 4 aromatic rings. The van der Waals surface area contributed by atoms with Crippen LogP contribution >= 0.6 is 0 Å². The first-order chi connectivity index (χ1) is 13.7. The van der Waals surface area contributed by atoms with Crippen molar-refractivity contribution in [2.45, 2.75) is 12.5 Å². The molecule has 0 amide bonds. The maximum absolute atomic E-state index is 12.6. The first-order valence-electron chi connectivity index (χ1n) is 8.51. The smallest absolute Gasteiger partial charge is 0.314 e. The number of hydrogen-bond donors (Lipinski definition) is 1. The summed E-state index contributed by atoms with van der Waals surface area (Å²) in [4.78, 5) is 8.52. The van der Waals surface area contributed by atoms with E-state index in [-0.39, 0.29) is 11.9 Å². The average Bonchev–Trinajstić information content (AvgIpc) is 3.24. The van der Waals surface area contributed by atoms with Crippen LogP contribution in [0.15, 0.2) is 77.5 Å². The van der Waals surface area contributed by atoms with Crippen LogP contribution in [0.5, 0.6) is 0 Å². The molecule has 1 N–H and O–H groups in total. The Hall–Kier alpha value is -3.68. The van der Waals surface area contributed by atoms with Gasteiger partial charge in [0.25, 0.3) is 11.8 Å². The third-order valence-corrected chi connectivity index (χ3v) is 4.07. The standard InChI is InChI=1S/C20H15F2N5O/c21-17(22)19-27-26-18(28-19)15-11-23-20(24-12-15)25-16(13-7-3-1-4-8-13)14-9-5-2-6-10-14/h1-12,16-17H,(H,23,24,25). The third kappa shape index (κ3) is 3.85. The van der Waals surface area contributed by atoms with Crippen molar-refractivity contribution >= 4 is 5.95 Å². The minimum Gasteiger partial charge on any atom is -0.415 e. The molecule has 0 aliphatic rings. The van der Waals surface area contributed by atoms with E-state index in [1.54, 1.807) is 0 Å². The van der Waals surface area contributed by atoms with E-state index >= 15 is 0 Å². The van der Waals surface area contributed by atoms with E-state index < -0.39 is 12.3 Å². The zero-order chi connectivity index (χ0) is 19.3. The molecule has 0 spiro atoms. The summed E-state index contributed by atoms with van der Waals surface area (Å²) in [6.45, 7) is 0. The van der Waals surface area contributed by atoms with E-state index in [9.17, 15) is 8.78 Å². The number of nitrogens with one attached hydrogen (secondary N) is 1. The van der Waals surface area contributed by atoms with Gasteiger partial charge in [-0.25, -0.2) is 9.97 Å². The van der Waals surface area contributed by atoms with Gasteiger partial charge in [0.1, 0.15) is 0 Å². The number of nitrogens with zero attached hydrogens (tertiary/aromatic N) is 4. The Kier molecular flexibility index (Phi) is 5.01. The van der Waals surface area contributed by atoms with Crippen LogP contribution in [0.2, 0.25) is 0 Å². The molecular weight excluding hydrogens is 364 g/mol. The molecule has 0 atom stereocenters. The maximum Gasteiger partial charge on any atom is 0.314 e. The van der Waals surface area contributed by atoms with E-state index in [1.165, 1.54) is 12.4 Å². The molecule has 8 heteroatoms. The van der Waals surface area contributed by atoms with E-state index in [0.29, 0.717) is 11.5 Å². The number of benzene rings is 2. The van der Waals surface area contributed by atoms with Crippen LogP contribution in [-0.4, -0.2) is 20.2 Å². The van der Waals surface area contributed by atoms with Crippen molar-refractivity contribution in [1.82, 2.24) is 20.2 Å². The second kappa shape index (κ2) is 7.91. The predicted octanol–water partition coefficient (Wildman–Crippen LogP) is 4.67. The first kappa shape index (κ1) is 17.7. The Balaban J connectivity index is 1.59. The van der Waals surface area contributed by atoms with Gasteiger partial charge in [-0.15, -0.1) is 10.2 Å². The summed E-state index contributed by atoms with van der Waals surface area (Å²) in [5.74, 6) is -0.398. The quantitative estimate of drug-likeness (QED) is 0.525. The van der Waals surface area contributed by atoms with Gasteiger partial charge in [0, 0.05) is 12.4 Å². The highest BCUT2D eigenvalue weighted by molar-refractivity contribution is 5.51. The zero-order valence-corrected chi connectivity index (χ0v) is 14.5. The molecule has 0 saturated heterocycles. The summed E-state index contributed by atoms with van der Waals surface area (Å²) >= 11 is 0. The van der Waals surface area contributed by atoms with Gasteiger partial charge in [-0.05, 0) is 11.1 Å². The van der Waals surface area contributed by atoms with Crippen LogP contribution in [0, 0.1) is 0 Å². The largest absolute Gasteiger partial charge is 0.415 e. The van der Waals surface area contributed by atoms with Gasteiger partial charge in [-0.3, -0.25) is 0 Å². The second-order valence-corrected chi connectivity index (χ2v) is 5.94. The highest BCUT2D eigenvalue weighted by Gasteiger charge is 2.18. The Bertz CT molecular complexity index is 984. The molecule has 0 radical (unpaired) electrons. The van der Waals surface area contributed by atoms with Gasteiger partial charge >= 0.3 is 6.43 Å². The Morgan fingerprint density at radius 1 is 0.786 bits per heavy atom. The fourth-order valence-electron chi connectivity index (χ4n) is 2.73. The molecule has 0 aliphatic heterocycles. The van der Waals surface area contributed by atoms with Crippen LogP contribution in [0.3, 0.4) is 0 Å². The van der Waals surface area contributed by atoms with Crippen LogP contribution in [0.1, 0.15) is 29.5 Å². The molecule has 2 heterocycles. The lowest BCUT2D eigenvalue weighted by atomic mass is 9.99. The highest BCUT2D eigenvalue weighted by Crippen LogP contribution is 2.26. The van der Waals surface area contributed by atoms with Gasteiger partial charge in [0.15, 0.2) is 0 Å². The van der Waals surface area contributed by atoms with E-state index in [4.69, 9.17) is 4.42 Å². The number of anilines is 1. The van der Waals surface area contributed by atoms with Gasteiger partial charge < -0.3 is 9.73 Å². The van der Waals surface area contributed by atoms with E-state index in [2.05, 4.69) is 25.5 Å². The van der Waals surface area contributed by atoms with Gasteiger partial charge in [0.05, 0.1) is 11.6 Å². The summed E-state index contributed by atoms with van der Waals surface area (Å²) in [5, 5.41) is 10.2. The summed E-state index contributed by atoms with van der Waals surface area (Å²) in [5.41, 5.74) is 2.47. The van der Waals surface area contributed by atoms with Gasteiger partial charge in [-0.1, -0.05) is 60.7 Å². The molecule has 0 aliphatic carbocycles. The molecule has 6 nitrogen and oxygen atoms in total. The minimum absolute atomic E-state index is 0.0514. The number of halogens is 2. The molecular formula is C20H15F2N5O. The van der Waals surface area contributed by atoms with Crippen LogP contribution in [-0.2, 0) is 0 Å². The molecule has 4 rings (SSSR count). The van der Waals surface area contributed by atoms with Crippen molar-refractivity contribution in [3.05, 3.63) is 90.1 Å². The number of hydrogen-bond acceptors (Lipinski definition) is 6. The SMILES string of the molecule is FC(F)c1nnc(-c2cnc(NC(c3ccccc3)c3ccccc3)nc2)o1. The van der Waals surface area contributed by atoms with Crippen LogP contribution < -0.4 is 5.32 Å². The Morgan fingerprint density at radius 3 is 1.86 bits per heavy atom. The van der Waals surface area contributed by atoms with Crippen LogP contribution in [0.4, 0.5) is 14.7 Å². The van der Waals surface area contributed by atoms with Crippen molar-refractivity contribution in [2.75, 3.05) is 5.32 Å². The van der Waals surface area contributed by atoms with E-state index in [0.717, 1.165) is 11.1 Å². The molecule has 28 heavy (non-hydrogen) atoms. The Labute approximate surface area is 159 Å². The summed E-state index contributed by atoms with van der Waals surface area (Å²) in [6.07, 6.45) is 0.0802. The lowest BCUT2D eigenvalue weighted by Gasteiger charge is -2.19. The van der Waals surface area contributed by atoms with Crippen molar-refractivity contribution in [3.63, 3.8) is 0 Å². The number of rotatable bonds is 6. The third-order valence-electron chi connectivity index (χ3n) is 4.07. The minimum atomic E-state index is -2.82. The summed E-state index contributed by atoms with van der Waals surface area (Å²) in [6, 6.07) is 19.7. The molecule has 2 aromatic heterocycles. The van der Waals surface area contributed by atoms with E-state index in [1.807, 2.05) is 60.7 Å². The molecule has 0 bridgehead atoms. The number of alkyl halides is 2. The highest BCUT2D eigenvalue weighted by atomic mass is 19.3. The average molecular weight is 379 g/mol. The van der Waals surface area contributed by atoms with Gasteiger partial charge in [-0.2, -0.15) is 8.78 Å². The molecule has 0 saturated carbocycles. The lowest BCUT2D eigenvalue weighted by Crippen LogP contribution is -2.14. The monoisotopic (exact) mass is 379 g/mol.